The summed E-state index contributed by atoms with van der Waals surface area (Å²) in [6, 6.07) is 54.0. The number of hydrogen-bond acceptors (Lipinski definition) is 5. The number of pyridine rings is 2. The largest absolute Gasteiger partial charge is 0.254 e. The summed E-state index contributed by atoms with van der Waals surface area (Å²) < 4.78 is 0. The van der Waals surface area contributed by atoms with Crippen molar-refractivity contribution in [1.29, 1.82) is 0 Å². The summed E-state index contributed by atoms with van der Waals surface area (Å²) >= 11 is 0. The Morgan fingerprint density at radius 3 is 1.68 bits per heavy atom. The molecule has 0 unspecified atom stereocenters. The first kappa shape index (κ1) is 34.8. The van der Waals surface area contributed by atoms with Gasteiger partial charge in [0.15, 0.2) is 17.5 Å². The Bertz CT molecular complexity index is 3020. The van der Waals surface area contributed by atoms with Gasteiger partial charge in [0.2, 0.25) is 0 Å². The van der Waals surface area contributed by atoms with Crippen molar-refractivity contribution < 1.29 is 0 Å². The van der Waals surface area contributed by atoms with Gasteiger partial charge in [-0.1, -0.05) is 160 Å². The van der Waals surface area contributed by atoms with Crippen LogP contribution in [0.5, 0.6) is 0 Å². The van der Waals surface area contributed by atoms with Crippen molar-refractivity contribution >= 4 is 35.1 Å². The Kier molecular flexibility index (Phi) is 8.09. The molecular formula is C51H41N5Si. The van der Waals surface area contributed by atoms with Crippen LogP contribution in [0, 0.1) is 0 Å². The fraction of sp³-hybridized carbons (Fsp3) is 0.118. The van der Waals surface area contributed by atoms with Crippen LogP contribution in [0.1, 0.15) is 25.0 Å². The van der Waals surface area contributed by atoms with Crippen LogP contribution in [0.4, 0.5) is 0 Å². The van der Waals surface area contributed by atoms with Crippen LogP contribution in [0.2, 0.25) is 19.6 Å². The van der Waals surface area contributed by atoms with Crippen molar-refractivity contribution in [1.82, 2.24) is 24.9 Å². The molecule has 0 saturated carbocycles. The summed E-state index contributed by atoms with van der Waals surface area (Å²) in [4.78, 5) is 24.9. The van der Waals surface area contributed by atoms with Gasteiger partial charge >= 0.3 is 0 Å². The highest BCUT2D eigenvalue weighted by molar-refractivity contribution is 6.88. The Labute approximate surface area is 334 Å². The van der Waals surface area contributed by atoms with E-state index >= 15 is 0 Å². The van der Waals surface area contributed by atoms with Gasteiger partial charge in [-0.25, -0.2) is 19.9 Å². The van der Waals surface area contributed by atoms with Crippen LogP contribution < -0.4 is 5.19 Å². The molecule has 0 saturated heterocycles. The summed E-state index contributed by atoms with van der Waals surface area (Å²) in [5.41, 5.74) is 14.1. The maximum Gasteiger partial charge on any atom is 0.182 e. The number of nitrogens with zero attached hydrogens (tertiary/aromatic N) is 5. The van der Waals surface area contributed by atoms with Gasteiger partial charge in [-0.2, -0.15) is 0 Å². The average Bonchev–Trinajstić information content (AvgIpc) is 3.48. The van der Waals surface area contributed by atoms with Gasteiger partial charge in [0, 0.05) is 33.5 Å². The van der Waals surface area contributed by atoms with E-state index in [1.165, 1.54) is 38.6 Å². The van der Waals surface area contributed by atoms with Crippen LogP contribution in [0.3, 0.4) is 0 Å². The number of rotatable bonds is 6. The standard InChI is InChI=1S/C51H41N5Si/c1-51(2)43-30-37(32-18-23-40(24-19-32)57(3,4)5)20-25-41(43)42-26-21-38(31-44(42)51)36-13-9-14-39(29-36)49-54-48(35-11-7-6-8-12-35)55-50(56-49)45-27-22-34-17-16-33-15-10-28-52-46(33)47(34)53-45/h6-31H,1-5H3. The highest BCUT2D eigenvalue weighted by Crippen LogP contribution is 2.50. The van der Waals surface area contributed by atoms with E-state index in [1.54, 1.807) is 0 Å². The SMILES string of the molecule is CC1(C)c2cc(-c3ccc([Si](C)(C)C)cc3)ccc2-c2ccc(-c3cccc(-c4nc(-c5ccccc5)nc(-c5ccc6ccc7cccnc7c6n5)n4)c3)cc21. The number of hydrogen-bond donors (Lipinski definition) is 0. The lowest BCUT2D eigenvalue weighted by Crippen LogP contribution is -2.37. The first-order valence-electron chi connectivity index (χ1n) is 19.6. The van der Waals surface area contributed by atoms with Gasteiger partial charge in [-0.15, -0.1) is 0 Å². The highest BCUT2D eigenvalue weighted by Gasteiger charge is 2.36. The van der Waals surface area contributed by atoms with Crippen LogP contribution >= 0.6 is 0 Å². The second-order valence-electron chi connectivity index (χ2n) is 16.6. The first-order chi connectivity index (χ1) is 27.6. The van der Waals surface area contributed by atoms with Gasteiger partial charge in [0.25, 0.3) is 0 Å². The molecule has 10 rings (SSSR count). The fourth-order valence-electron chi connectivity index (χ4n) is 8.28. The molecule has 5 nitrogen and oxygen atoms in total. The third kappa shape index (κ3) is 6.13. The highest BCUT2D eigenvalue weighted by atomic mass is 28.3. The summed E-state index contributed by atoms with van der Waals surface area (Å²) in [6.45, 7) is 11.9. The van der Waals surface area contributed by atoms with Crippen molar-refractivity contribution in [3.63, 3.8) is 0 Å². The molecule has 0 atom stereocenters. The molecule has 57 heavy (non-hydrogen) atoms. The molecular weight excluding hydrogens is 711 g/mol. The third-order valence-corrected chi connectivity index (χ3v) is 13.6. The quantitative estimate of drug-likeness (QED) is 0.125. The number of fused-ring (bicyclic) bond motifs is 6. The number of benzene rings is 6. The maximum absolute atomic E-state index is 5.09. The van der Waals surface area contributed by atoms with Gasteiger partial charge in [-0.05, 0) is 74.8 Å². The molecule has 0 bridgehead atoms. The molecule has 9 aromatic rings. The Balaban J connectivity index is 1.03. The number of aromatic nitrogens is 5. The minimum atomic E-state index is -1.36. The predicted molar refractivity (Wildman–Crippen MR) is 238 cm³/mol. The topological polar surface area (TPSA) is 64.5 Å². The smallest absolute Gasteiger partial charge is 0.182 e. The van der Waals surface area contributed by atoms with Crippen LogP contribution in [0.15, 0.2) is 158 Å². The molecule has 0 spiro atoms. The molecule has 6 heteroatoms. The summed E-state index contributed by atoms with van der Waals surface area (Å²) in [5.74, 6) is 1.71. The van der Waals surface area contributed by atoms with Crippen molar-refractivity contribution in [3.05, 3.63) is 169 Å². The van der Waals surface area contributed by atoms with E-state index in [2.05, 4.69) is 148 Å². The van der Waals surface area contributed by atoms with Crippen LogP contribution in [-0.2, 0) is 5.41 Å². The molecule has 6 aromatic carbocycles. The molecule has 0 N–H and O–H groups in total. The van der Waals surface area contributed by atoms with Crippen molar-refractivity contribution in [2.75, 3.05) is 0 Å². The van der Waals surface area contributed by atoms with Crippen molar-refractivity contribution in [2.45, 2.75) is 38.9 Å². The minimum Gasteiger partial charge on any atom is -0.254 e. The molecule has 0 fully saturated rings. The van der Waals surface area contributed by atoms with E-state index < -0.39 is 8.07 Å². The fourth-order valence-corrected chi connectivity index (χ4v) is 9.45. The van der Waals surface area contributed by atoms with E-state index in [-0.39, 0.29) is 5.41 Å². The molecule has 0 aliphatic heterocycles. The van der Waals surface area contributed by atoms with E-state index in [0.29, 0.717) is 23.2 Å². The molecule has 3 heterocycles. The normalized spacial score (nSPS) is 13.1. The summed E-state index contributed by atoms with van der Waals surface area (Å²) in [5, 5.41) is 3.54. The van der Waals surface area contributed by atoms with Gasteiger partial charge < -0.3 is 0 Å². The third-order valence-electron chi connectivity index (χ3n) is 11.5. The van der Waals surface area contributed by atoms with Gasteiger partial charge in [-0.3, -0.25) is 4.98 Å². The van der Waals surface area contributed by atoms with Crippen LogP contribution in [0.25, 0.3) is 89.5 Å². The van der Waals surface area contributed by atoms with E-state index in [1.807, 2.05) is 48.7 Å². The lowest BCUT2D eigenvalue weighted by molar-refractivity contribution is 0.661. The summed E-state index contributed by atoms with van der Waals surface area (Å²) in [7, 11) is -1.36. The zero-order chi connectivity index (χ0) is 38.9. The maximum atomic E-state index is 5.09. The second-order valence-corrected chi connectivity index (χ2v) is 21.7. The average molecular weight is 752 g/mol. The van der Waals surface area contributed by atoms with Gasteiger partial charge in [0.05, 0.1) is 19.1 Å². The van der Waals surface area contributed by atoms with E-state index in [0.717, 1.165) is 44.1 Å². The second kappa shape index (κ2) is 13.2. The van der Waals surface area contributed by atoms with Crippen molar-refractivity contribution in [2.24, 2.45) is 0 Å². The molecule has 1 aliphatic carbocycles. The monoisotopic (exact) mass is 751 g/mol. The molecule has 0 radical (unpaired) electrons. The lowest BCUT2D eigenvalue weighted by atomic mass is 9.81. The Morgan fingerprint density at radius 1 is 0.421 bits per heavy atom. The van der Waals surface area contributed by atoms with Crippen molar-refractivity contribution in [3.8, 4) is 67.7 Å². The van der Waals surface area contributed by atoms with Crippen LogP contribution in [-0.4, -0.2) is 33.0 Å². The lowest BCUT2D eigenvalue weighted by Gasteiger charge is -2.23. The summed E-state index contributed by atoms with van der Waals surface area (Å²) in [6.07, 6.45) is 1.81. The Morgan fingerprint density at radius 2 is 0.982 bits per heavy atom. The van der Waals surface area contributed by atoms with Gasteiger partial charge in [0.1, 0.15) is 5.69 Å². The molecule has 274 valence electrons. The Hall–Kier alpha value is -6.63. The predicted octanol–water partition coefficient (Wildman–Crippen LogP) is 12.2. The molecule has 0 amide bonds. The molecule has 1 aliphatic rings. The zero-order valence-corrected chi connectivity index (χ0v) is 33.7. The molecule has 3 aromatic heterocycles. The van der Waals surface area contributed by atoms with E-state index in [4.69, 9.17) is 19.9 Å². The van der Waals surface area contributed by atoms with E-state index in [9.17, 15) is 0 Å². The first-order valence-corrected chi connectivity index (χ1v) is 23.1. The zero-order valence-electron chi connectivity index (χ0n) is 32.7. The minimum absolute atomic E-state index is 0.159.